The van der Waals surface area contributed by atoms with Crippen molar-refractivity contribution in [1.29, 1.82) is 0 Å². The van der Waals surface area contributed by atoms with Gasteiger partial charge >= 0.3 is 6.18 Å². The molecule has 37 heavy (non-hydrogen) atoms. The van der Waals surface area contributed by atoms with Gasteiger partial charge in [0.2, 0.25) is 5.91 Å². The molecule has 11 heteroatoms. The van der Waals surface area contributed by atoms with Crippen molar-refractivity contribution in [2.24, 2.45) is 11.3 Å². The zero-order valence-electron chi connectivity index (χ0n) is 20.7. The number of amides is 2. The maximum absolute atomic E-state index is 14.1. The molecular weight excluding hydrogens is 489 g/mol. The standard InChI is InChI=1S/C26H31F3N4O4/c1-3-23(34)33-13-18-9-19(31-21-5-7-37-14-22(21)36-2)10-25(18,15-33)24(35)32-6-4-20-16(12-32)8-17(11-30-20)26(27,28)29/h1,8,11,18-19,21-22,31H,4-7,9-10,12-15H2,2H3. The van der Waals surface area contributed by atoms with Gasteiger partial charge in [0.15, 0.2) is 0 Å². The molecule has 2 saturated heterocycles. The molecule has 0 spiro atoms. The molecule has 1 N–H and O–H groups in total. The number of pyridine rings is 1. The van der Waals surface area contributed by atoms with E-state index >= 15 is 0 Å². The molecule has 3 aliphatic heterocycles. The Bertz CT molecular complexity index is 1110. The summed E-state index contributed by atoms with van der Waals surface area (Å²) >= 11 is 0. The SMILES string of the molecule is C#CC(=O)N1CC2CC(NC3CCOCC3OC)CC2(C(=O)N2CCc3ncc(C(F)(F)F)cc3C2)C1. The molecule has 3 fully saturated rings. The van der Waals surface area contributed by atoms with Crippen LogP contribution in [0.5, 0.6) is 0 Å². The van der Waals surface area contributed by atoms with Crippen LogP contribution in [0.4, 0.5) is 13.2 Å². The average molecular weight is 521 g/mol. The molecule has 0 aromatic carbocycles. The van der Waals surface area contributed by atoms with Gasteiger partial charge in [-0.3, -0.25) is 14.6 Å². The summed E-state index contributed by atoms with van der Waals surface area (Å²) in [6.07, 6.45) is 4.01. The van der Waals surface area contributed by atoms with Crippen LogP contribution in [0.3, 0.4) is 0 Å². The third kappa shape index (κ3) is 4.82. The summed E-state index contributed by atoms with van der Waals surface area (Å²) in [5.74, 6) is 1.48. The fourth-order valence-corrected chi connectivity index (χ4v) is 6.58. The van der Waals surface area contributed by atoms with Crippen molar-refractivity contribution in [3.05, 3.63) is 29.1 Å². The fourth-order valence-electron chi connectivity index (χ4n) is 6.58. The molecular formula is C26H31F3N4O4. The van der Waals surface area contributed by atoms with Crippen molar-refractivity contribution in [1.82, 2.24) is 20.1 Å². The average Bonchev–Trinajstić information content (AvgIpc) is 3.41. The Morgan fingerprint density at radius 1 is 1.35 bits per heavy atom. The number of methoxy groups -OCH3 is 1. The highest BCUT2D eigenvalue weighted by molar-refractivity contribution is 5.94. The molecule has 4 aliphatic rings. The van der Waals surface area contributed by atoms with Gasteiger partial charge in [-0.1, -0.05) is 0 Å². The number of hydrogen-bond acceptors (Lipinski definition) is 6. The van der Waals surface area contributed by atoms with Crippen LogP contribution in [-0.2, 0) is 38.2 Å². The number of likely N-dealkylation sites (tertiary alicyclic amines) is 1. The fraction of sp³-hybridized carbons (Fsp3) is 0.654. The number of alkyl halides is 3. The Hall–Kier alpha value is -2.68. The van der Waals surface area contributed by atoms with Crippen molar-refractivity contribution in [3.8, 4) is 12.3 Å². The Balaban J connectivity index is 1.37. The van der Waals surface area contributed by atoms with Crippen molar-refractivity contribution in [3.63, 3.8) is 0 Å². The number of hydrogen-bond donors (Lipinski definition) is 1. The number of nitrogens with zero attached hydrogens (tertiary/aromatic N) is 3. The van der Waals surface area contributed by atoms with E-state index in [1.807, 2.05) is 0 Å². The lowest BCUT2D eigenvalue weighted by atomic mass is 9.78. The van der Waals surface area contributed by atoms with Gasteiger partial charge < -0.3 is 24.6 Å². The van der Waals surface area contributed by atoms with Crippen LogP contribution in [0.2, 0.25) is 0 Å². The quantitative estimate of drug-likeness (QED) is 0.608. The predicted octanol–water partition coefficient (Wildman–Crippen LogP) is 1.62. The first kappa shape index (κ1) is 25.9. The van der Waals surface area contributed by atoms with Gasteiger partial charge in [-0.25, -0.2) is 0 Å². The smallest absolute Gasteiger partial charge is 0.379 e. The van der Waals surface area contributed by atoms with Gasteiger partial charge in [-0.05, 0) is 42.7 Å². The highest BCUT2D eigenvalue weighted by atomic mass is 19.4. The van der Waals surface area contributed by atoms with Crippen molar-refractivity contribution in [2.75, 3.05) is 40.0 Å². The van der Waals surface area contributed by atoms with Gasteiger partial charge in [-0.15, -0.1) is 6.42 Å². The normalized spacial score (nSPS) is 31.5. The van der Waals surface area contributed by atoms with Gasteiger partial charge in [-0.2, -0.15) is 13.2 Å². The lowest BCUT2D eigenvalue weighted by Gasteiger charge is -2.37. The second-order valence-electron chi connectivity index (χ2n) is 10.5. The number of nitrogens with one attached hydrogen (secondary N) is 1. The van der Waals surface area contributed by atoms with E-state index in [4.69, 9.17) is 15.9 Å². The maximum atomic E-state index is 14.1. The summed E-state index contributed by atoms with van der Waals surface area (Å²) in [5.41, 5.74) is -0.671. The summed E-state index contributed by atoms with van der Waals surface area (Å²) in [4.78, 5) is 33.7. The topological polar surface area (TPSA) is 84.0 Å². The molecule has 1 aromatic heterocycles. The highest BCUT2D eigenvalue weighted by Gasteiger charge is 2.59. The number of terminal acetylenes is 1. The van der Waals surface area contributed by atoms with E-state index in [-0.39, 0.29) is 43.1 Å². The van der Waals surface area contributed by atoms with E-state index < -0.39 is 23.1 Å². The van der Waals surface area contributed by atoms with E-state index in [2.05, 4.69) is 16.2 Å². The second kappa shape index (κ2) is 9.89. The van der Waals surface area contributed by atoms with E-state index in [9.17, 15) is 22.8 Å². The molecule has 0 radical (unpaired) electrons. The van der Waals surface area contributed by atoms with Crippen LogP contribution in [0, 0.1) is 23.7 Å². The van der Waals surface area contributed by atoms with E-state index in [0.29, 0.717) is 56.8 Å². The number of carbonyl (C=O) groups is 2. The molecule has 5 rings (SSSR count). The number of carbonyl (C=O) groups excluding carboxylic acids is 2. The zero-order chi connectivity index (χ0) is 26.4. The maximum Gasteiger partial charge on any atom is 0.417 e. The molecule has 5 unspecified atom stereocenters. The summed E-state index contributed by atoms with van der Waals surface area (Å²) < 4.78 is 50.9. The predicted molar refractivity (Wildman–Crippen MR) is 126 cm³/mol. The lowest BCUT2D eigenvalue weighted by Crippen LogP contribution is -2.52. The van der Waals surface area contributed by atoms with E-state index in [1.165, 1.54) is 0 Å². The molecule has 200 valence electrons. The van der Waals surface area contributed by atoms with Gasteiger partial charge in [0.1, 0.15) is 0 Å². The molecule has 1 aromatic rings. The number of rotatable bonds is 4. The Kier molecular flexibility index (Phi) is 6.94. The lowest BCUT2D eigenvalue weighted by molar-refractivity contribution is -0.144. The van der Waals surface area contributed by atoms with Crippen LogP contribution in [0.1, 0.15) is 36.1 Å². The van der Waals surface area contributed by atoms with Gasteiger partial charge in [0.05, 0.1) is 23.7 Å². The number of fused-ring (bicyclic) bond motifs is 2. The number of aromatic nitrogens is 1. The van der Waals surface area contributed by atoms with E-state index in [1.54, 1.807) is 16.9 Å². The minimum Gasteiger partial charge on any atom is -0.379 e. The van der Waals surface area contributed by atoms with Crippen molar-refractivity contribution < 1.29 is 32.2 Å². The summed E-state index contributed by atoms with van der Waals surface area (Å²) in [6.45, 7) is 2.16. The second-order valence-corrected chi connectivity index (χ2v) is 10.5. The molecule has 1 aliphatic carbocycles. The summed E-state index contributed by atoms with van der Waals surface area (Å²) in [5, 5.41) is 3.67. The molecule has 2 amide bonds. The minimum absolute atomic E-state index is 0.0355. The number of ether oxygens (including phenoxy) is 2. The largest absolute Gasteiger partial charge is 0.417 e. The molecule has 4 heterocycles. The van der Waals surface area contributed by atoms with Crippen LogP contribution in [-0.4, -0.2) is 84.7 Å². The summed E-state index contributed by atoms with van der Waals surface area (Å²) in [7, 11) is 1.65. The first-order valence-electron chi connectivity index (χ1n) is 12.6. The molecule has 0 bridgehead atoms. The van der Waals surface area contributed by atoms with Crippen molar-refractivity contribution in [2.45, 2.75) is 56.6 Å². The third-order valence-electron chi connectivity index (χ3n) is 8.42. The molecule has 8 nitrogen and oxygen atoms in total. The van der Waals surface area contributed by atoms with Crippen LogP contribution in [0.15, 0.2) is 12.3 Å². The Labute approximate surface area is 213 Å². The Morgan fingerprint density at radius 2 is 2.16 bits per heavy atom. The van der Waals surface area contributed by atoms with Crippen LogP contribution < -0.4 is 5.32 Å². The van der Waals surface area contributed by atoms with Crippen LogP contribution in [0.25, 0.3) is 0 Å². The monoisotopic (exact) mass is 520 g/mol. The zero-order valence-corrected chi connectivity index (χ0v) is 20.7. The Morgan fingerprint density at radius 3 is 2.89 bits per heavy atom. The molecule has 1 saturated carbocycles. The van der Waals surface area contributed by atoms with Crippen molar-refractivity contribution >= 4 is 11.8 Å². The van der Waals surface area contributed by atoms with E-state index in [0.717, 1.165) is 18.7 Å². The van der Waals surface area contributed by atoms with Crippen LogP contribution >= 0.6 is 0 Å². The van der Waals surface area contributed by atoms with Gasteiger partial charge in [0.25, 0.3) is 5.91 Å². The highest BCUT2D eigenvalue weighted by Crippen LogP contribution is 2.50. The third-order valence-corrected chi connectivity index (χ3v) is 8.42. The first-order chi connectivity index (χ1) is 17.6. The summed E-state index contributed by atoms with van der Waals surface area (Å²) in [6, 6.07) is 1.22. The first-order valence-corrected chi connectivity index (χ1v) is 12.6. The molecule has 5 atom stereocenters. The minimum atomic E-state index is -4.51. The van der Waals surface area contributed by atoms with Gasteiger partial charge in [0, 0.05) is 70.3 Å². The number of halogens is 3.